The molecule has 0 aromatic heterocycles. The minimum absolute atomic E-state index is 0.128. The van der Waals surface area contributed by atoms with Crippen LogP contribution < -0.4 is 5.32 Å². The number of benzene rings is 1. The van der Waals surface area contributed by atoms with Crippen LogP contribution in [0.1, 0.15) is 30.5 Å². The molecule has 0 amide bonds. The van der Waals surface area contributed by atoms with Crippen molar-refractivity contribution in [1.82, 2.24) is 5.32 Å². The highest BCUT2D eigenvalue weighted by molar-refractivity contribution is 5.34. The number of rotatable bonds is 5. The lowest BCUT2D eigenvalue weighted by molar-refractivity contribution is 0.157. The number of ether oxygens (including phenoxy) is 1. The summed E-state index contributed by atoms with van der Waals surface area (Å²) >= 11 is 0. The third-order valence-corrected chi connectivity index (χ3v) is 3.35. The molecule has 94 valence electrons. The van der Waals surface area contributed by atoms with E-state index < -0.39 is 0 Å². The summed E-state index contributed by atoms with van der Waals surface area (Å²) in [5.41, 5.74) is 2.41. The van der Waals surface area contributed by atoms with Gasteiger partial charge in [-0.2, -0.15) is 0 Å². The van der Waals surface area contributed by atoms with Gasteiger partial charge in [0.2, 0.25) is 0 Å². The molecule has 0 bridgehead atoms. The number of halogens is 1. The maximum absolute atomic E-state index is 13.1. The van der Waals surface area contributed by atoms with Crippen LogP contribution in [0.15, 0.2) is 18.2 Å². The summed E-state index contributed by atoms with van der Waals surface area (Å²) in [6.45, 7) is 3.88. The standard InChI is InChI=1S/C14H20FNO/c1-10(9-17-2)8-16-14-6-3-11-7-12(15)4-5-13(11)14/h4-5,7,10,14,16H,3,6,8-9H2,1-2H3. The van der Waals surface area contributed by atoms with Crippen molar-refractivity contribution in [2.24, 2.45) is 5.92 Å². The molecule has 0 saturated heterocycles. The highest BCUT2D eigenvalue weighted by atomic mass is 19.1. The van der Waals surface area contributed by atoms with E-state index in [9.17, 15) is 4.39 Å². The van der Waals surface area contributed by atoms with E-state index in [0.29, 0.717) is 12.0 Å². The van der Waals surface area contributed by atoms with Gasteiger partial charge in [0.05, 0.1) is 0 Å². The Morgan fingerprint density at radius 3 is 3.12 bits per heavy atom. The third-order valence-electron chi connectivity index (χ3n) is 3.35. The molecule has 0 fully saturated rings. The minimum Gasteiger partial charge on any atom is -0.384 e. The van der Waals surface area contributed by atoms with E-state index in [2.05, 4.69) is 12.2 Å². The van der Waals surface area contributed by atoms with Gasteiger partial charge >= 0.3 is 0 Å². The molecule has 2 atom stereocenters. The zero-order valence-corrected chi connectivity index (χ0v) is 10.5. The van der Waals surface area contributed by atoms with Gasteiger partial charge in [-0.15, -0.1) is 0 Å². The summed E-state index contributed by atoms with van der Waals surface area (Å²) in [6.07, 6.45) is 2.04. The maximum Gasteiger partial charge on any atom is 0.123 e. The second-order valence-electron chi connectivity index (χ2n) is 4.90. The smallest absolute Gasteiger partial charge is 0.123 e. The lowest BCUT2D eigenvalue weighted by Gasteiger charge is -2.17. The van der Waals surface area contributed by atoms with Gasteiger partial charge in [-0.3, -0.25) is 0 Å². The molecule has 1 aliphatic carbocycles. The van der Waals surface area contributed by atoms with Crippen LogP contribution in [0, 0.1) is 11.7 Å². The van der Waals surface area contributed by atoms with E-state index >= 15 is 0 Å². The van der Waals surface area contributed by atoms with Crippen LogP contribution in [-0.4, -0.2) is 20.3 Å². The Balaban J connectivity index is 1.93. The van der Waals surface area contributed by atoms with Crippen LogP contribution in [0.3, 0.4) is 0 Å². The molecule has 0 heterocycles. The van der Waals surface area contributed by atoms with E-state index in [0.717, 1.165) is 31.6 Å². The van der Waals surface area contributed by atoms with Gasteiger partial charge in [0.15, 0.2) is 0 Å². The van der Waals surface area contributed by atoms with Gasteiger partial charge in [0.25, 0.3) is 0 Å². The molecule has 2 unspecified atom stereocenters. The number of methoxy groups -OCH3 is 1. The van der Waals surface area contributed by atoms with Crippen LogP contribution in [0.25, 0.3) is 0 Å². The summed E-state index contributed by atoms with van der Waals surface area (Å²) in [6, 6.07) is 5.51. The summed E-state index contributed by atoms with van der Waals surface area (Å²) in [4.78, 5) is 0. The molecule has 3 heteroatoms. The summed E-state index contributed by atoms with van der Waals surface area (Å²) in [7, 11) is 1.73. The molecule has 2 rings (SSSR count). The lowest BCUT2D eigenvalue weighted by atomic mass is 10.1. The first-order chi connectivity index (χ1) is 8.20. The normalized spacial score (nSPS) is 20.3. The van der Waals surface area contributed by atoms with Gasteiger partial charge in [0.1, 0.15) is 5.82 Å². The molecule has 1 aromatic rings. The van der Waals surface area contributed by atoms with Crippen molar-refractivity contribution in [2.45, 2.75) is 25.8 Å². The molecule has 1 N–H and O–H groups in total. The Morgan fingerprint density at radius 1 is 1.53 bits per heavy atom. The van der Waals surface area contributed by atoms with Crippen molar-refractivity contribution in [2.75, 3.05) is 20.3 Å². The predicted molar refractivity (Wildman–Crippen MR) is 66.5 cm³/mol. The van der Waals surface area contributed by atoms with Crippen molar-refractivity contribution >= 4 is 0 Å². The van der Waals surface area contributed by atoms with Crippen molar-refractivity contribution in [1.29, 1.82) is 0 Å². The fourth-order valence-electron chi connectivity index (χ4n) is 2.49. The molecule has 2 nitrogen and oxygen atoms in total. The number of hydrogen-bond donors (Lipinski definition) is 1. The van der Waals surface area contributed by atoms with Crippen LogP contribution in [0.5, 0.6) is 0 Å². The van der Waals surface area contributed by atoms with E-state index in [1.807, 2.05) is 6.07 Å². The Labute approximate surface area is 102 Å². The third kappa shape index (κ3) is 3.05. The van der Waals surface area contributed by atoms with Crippen molar-refractivity contribution in [3.8, 4) is 0 Å². The number of fused-ring (bicyclic) bond motifs is 1. The first kappa shape index (κ1) is 12.5. The number of nitrogens with one attached hydrogen (secondary N) is 1. The van der Waals surface area contributed by atoms with Crippen molar-refractivity contribution < 1.29 is 9.13 Å². The quantitative estimate of drug-likeness (QED) is 0.850. The minimum atomic E-state index is -0.128. The molecular formula is C14H20FNO. The van der Waals surface area contributed by atoms with Crippen molar-refractivity contribution in [3.05, 3.63) is 35.1 Å². The molecule has 0 aliphatic heterocycles. The van der Waals surface area contributed by atoms with Crippen LogP contribution >= 0.6 is 0 Å². The zero-order chi connectivity index (χ0) is 12.3. The SMILES string of the molecule is COCC(C)CNC1CCc2cc(F)ccc21. The topological polar surface area (TPSA) is 21.3 Å². The molecular weight excluding hydrogens is 217 g/mol. The van der Waals surface area contributed by atoms with Gasteiger partial charge in [0, 0.05) is 26.3 Å². The first-order valence-electron chi connectivity index (χ1n) is 6.21. The van der Waals surface area contributed by atoms with Crippen LogP contribution in [0.4, 0.5) is 4.39 Å². The highest BCUT2D eigenvalue weighted by Crippen LogP contribution is 2.31. The second kappa shape index (κ2) is 5.61. The number of hydrogen-bond acceptors (Lipinski definition) is 2. The molecule has 1 aliphatic rings. The Morgan fingerprint density at radius 2 is 2.35 bits per heavy atom. The lowest BCUT2D eigenvalue weighted by Crippen LogP contribution is -2.26. The first-order valence-corrected chi connectivity index (χ1v) is 6.21. The Bertz CT molecular complexity index is 380. The van der Waals surface area contributed by atoms with E-state index in [1.165, 1.54) is 5.56 Å². The Hall–Kier alpha value is -0.930. The summed E-state index contributed by atoms with van der Waals surface area (Å²) in [5, 5.41) is 3.54. The second-order valence-corrected chi connectivity index (χ2v) is 4.90. The zero-order valence-electron chi connectivity index (χ0n) is 10.5. The van der Waals surface area contributed by atoms with Gasteiger partial charge in [-0.05, 0) is 42.0 Å². The van der Waals surface area contributed by atoms with Gasteiger partial charge < -0.3 is 10.1 Å². The van der Waals surface area contributed by atoms with Crippen LogP contribution in [0.2, 0.25) is 0 Å². The largest absolute Gasteiger partial charge is 0.384 e. The molecule has 17 heavy (non-hydrogen) atoms. The highest BCUT2D eigenvalue weighted by Gasteiger charge is 2.22. The summed E-state index contributed by atoms with van der Waals surface area (Å²) in [5.74, 6) is 0.377. The van der Waals surface area contributed by atoms with E-state index in [1.54, 1.807) is 19.2 Å². The molecule has 0 spiro atoms. The molecule has 0 radical (unpaired) electrons. The average molecular weight is 237 g/mol. The van der Waals surface area contributed by atoms with Gasteiger partial charge in [-0.25, -0.2) is 4.39 Å². The van der Waals surface area contributed by atoms with Gasteiger partial charge in [-0.1, -0.05) is 13.0 Å². The fourth-order valence-corrected chi connectivity index (χ4v) is 2.49. The van der Waals surface area contributed by atoms with Crippen LogP contribution in [-0.2, 0) is 11.2 Å². The monoisotopic (exact) mass is 237 g/mol. The fraction of sp³-hybridized carbons (Fsp3) is 0.571. The predicted octanol–water partition coefficient (Wildman–Crippen LogP) is 2.69. The summed E-state index contributed by atoms with van der Waals surface area (Å²) < 4.78 is 18.2. The maximum atomic E-state index is 13.1. The van der Waals surface area contributed by atoms with E-state index in [4.69, 9.17) is 4.74 Å². The number of aryl methyl sites for hydroxylation is 1. The van der Waals surface area contributed by atoms with Crippen molar-refractivity contribution in [3.63, 3.8) is 0 Å². The Kier molecular flexibility index (Phi) is 4.13. The molecule has 0 saturated carbocycles. The molecule has 1 aromatic carbocycles. The average Bonchev–Trinajstić information content (AvgIpc) is 2.69. The van der Waals surface area contributed by atoms with E-state index in [-0.39, 0.29) is 5.82 Å².